The highest BCUT2D eigenvalue weighted by atomic mass is 19.1. The van der Waals surface area contributed by atoms with E-state index in [1.165, 1.54) is 6.07 Å². The molecule has 1 saturated heterocycles. The lowest BCUT2D eigenvalue weighted by Crippen LogP contribution is -2.08. The van der Waals surface area contributed by atoms with Crippen molar-refractivity contribution in [2.45, 2.75) is 44.8 Å². The summed E-state index contributed by atoms with van der Waals surface area (Å²) in [7, 11) is 0. The molecule has 4 heteroatoms. The van der Waals surface area contributed by atoms with Gasteiger partial charge in [-0.1, -0.05) is 6.07 Å². The Labute approximate surface area is 113 Å². The number of aliphatic hydroxyl groups is 1. The predicted molar refractivity (Wildman–Crippen MR) is 70.7 cm³/mol. The van der Waals surface area contributed by atoms with E-state index in [-0.39, 0.29) is 5.75 Å². The van der Waals surface area contributed by atoms with Gasteiger partial charge in [0.1, 0.15) is 0 Å². The van der Waals surface area contributed by atoms with Crippen molar-refractivity contribution in [1.29, 1.82) is 0 Å². The first kappa shape index (κ1) is 14.3. The summed E-state index contributed by atoms with van der Waals surface area (Å²) in [4.78, 5) is 0. The first-order valence-corrected chi connectivity index (χ1v) is 6.88. The van der Waals surface area contributed by atoms with Crippen molar-refractivity contribution in [2.75, 3.05) is 13.2 Å². The molecule has 0 aromatic heterocycles. The van der Waals surface area contributed by atoms with Crippen molar-refractivity contribution >= 4 is 0 Å². The largest absolute Gasteiger partial charge is 0.491 e. The summed E-state index contributed by atoms with van der Waals surface area (Å²) in [6.45, 7) is 2.96. The molecule has 0 spiro atoms. The Balaban J connectivity index is 1.76. The number of aliphatic hydroxyl groups excluding tert-OH is 1. The number of hydrogen-bond donors (Lipinski definition) is 1. The Hall–Kier alpha value is -1.13. The molecule has 3 nitrogen and oxygen atoms in total. The molecule has 1 aromatic carbocycles. The third-order valence-corrected chi connectivity index (χ3v) is 3.39. The highest BCUT2D eigenvalue weighted by Crippen LogP contribution is 2.22. The van der Waals surface area contributed by atoms with Crippen molar-refractivity contribution < 1.29 is 19.0 Å². The van der Waals surface area contributed by atoms with E-state index in [0.29, 0.717) is 18.3 Å². The van der Waals surface area contributed by atoms with Crippen LogP contribution in [0.2, 0.25) is 0 Å². The molecule has 1 fully saturated rings. The molecule has 1 aromatic rings. The van der Waals surface area contributed by atoms with E-state index in [1.54, 1.807) is 19.1 Å². The Kier molecular flexibility index (Phi) is 5.16. The minimum absolute atomic E-state index is 0.247. The van der Waals surface area contributed by atoms with Crippen LogP contribution >= 0.6 is 0 Å². The number of ether oxygens (including phenoxy) is 2. The maximum Gasteiger partial charge on any atom is 0.165 e. The van der Waals surface area contributed by atoms with Crippen LogP contribution in [0.3, 0.4) is 0 Å². The number of hydrogen-bond acceptors (Lipinski definition) is 3. The maximum atomic E-state index is 13.7. The first-order chi connectivity index (χ1) is 9.16. The average Bonchev–Trinajstić information content (AvgIpc) is 2.89. The molecule has 0 saturated carbocycles. The van der Waals surface area contributed by atoms with Crippen LogP contribution < -0.4 is 4.74 Å². The molecule has 2 rings (SSSR count). The molecular formula is C15H21FO3. The summed E-state index contributed by atoms with van der Waals surface area (Å²) < 4.78 is 24.6. The van der Waals surface area contributed by atoms with Crippen LogP contribution in [0.15, 0.2) is 18.2 Å². The smallest absolute Gasteiger partial charge is 0.165 e. The second kappa shape index (κ2) is 6.87. The molecule has 0 aliphatic carbocycles. The quantitative estimate of drug-likeness (QED) is 0.805. The van der Waals surface area contributed by atoms with Gasteiger partial charge < -0.3 is 14.6 Å². The van der Waals surface area contributed by atoms with Gasteiger partial charge in [0.25, 0.3) is 0 Å². The van der Waals surface area contributed by atoms with Crippen LogP contribution in [0.4, 0.5) is 4.39 Å². The van der Waals surface area contributed by atoms with Gasteiger partial charge in [-0.05, 0) is 50.3 Å². The van der Waals surface area contributed by atoms with E-state index in [2.05, 4.69) is 0 Å². The van der Waals surface area contributed by atoms with E-state index in [1.807, 2.05) is 0 Å². The molecule has 106 valence electrons. The van der Waals surface area contributed by atoms with Crippen LogP contribution in [-0.2, 0) is 4.74 Å². The fourth-order valence-electron chi connectivity index (χ4n) is 2.26. The maximum absolute atomic E-state index is 13.7. The zero-order chi connectivity index (χ0) is 13.7. The molecular weight excluding hydrogens is 247 g/mol. The molecule has 0 radical (unpaired) electrons. The lowest BCUT2D eigenvalue weighted by molar-refractivity contribution is 0.0979. The molecule has 1 aliphatic heterocycles. The van der Waals surface area contributed by atoms with Crippen molar-refractivity contribution in [3.63, 3.8) is 0 Å². The van der Waals surface area contributed by atoms with E-state index in [0.717, 1.165) is 32.3 Å². The molecule has 1 aliphatic rings. The number of benzene rings is 1. The normalized spacial score (nSPS) is 20.5. The van der Waals surface area contributed by atoms with Crippen LogP contribution in [0.25, 0.3) is 0 Å². The summed E-state index contributed by atoms with van der Waals surface area (Å²) in [5.74, 6) is -0.174. The highest BCUT2D eigenvalue weighted by Gasteiger charge is 2.15. The molecule has 0 amide bonds. The van der Waals surface area contributed by atoms with Gasteiger partial charge >= 0.3 is 0 Å². The Morgan fingerprint density at radius 1 is 1.53 bits per heavy atom. The third kappa shape index (κ3) is 4.18. The summed E-state index contributed by atoms with van der Waals surface area (Å²) in [5.41, 5.74) is 0.559. The summed E-state index contributed by atoms with van der Waals surface area (Å²) in [5, 5.41) is 9.35. The molecule has 19 heavy (non-hydrogen) atoms. The average molecular weight is 268 g/mol. The third-order valence-electron chi connectivity index (χ3n) is 3.39. The van der Waals surface area contributed by atoms with Gasteiger partial charge in [-0.25, -0.2) is 4.39 Å². The minimum Gasteiger partial charge on any atom is -0.491 e. The van der Waals surface area contributed by atoms with Crippen LogP contribution in [0, 0.1) is 5.82 Å². The molecule has 1 heterocycles. The van der Waals surface area contributed by atoms with Crippen molar-refractivity contribution in [1.82, 2.24) is 0 Å². The van der Waals surface area contributed by atoms with Gasteiger partial charge in [0.15, 0.2) is 11.6 Å². The van der Waals surface area contributed by atoms with E-state index in [9.17, 15) is 9.50 Å². The van der Waals surface area contributed by atoms with Crippen molar-refractivity contribution in [3.05, 3.63) is 29.6 Å². The lowest BCUT2D eigenvalue weighted by atomic mass is 10.1. The zero-order valence-electron chi connectivity index (χ0n) is 11.3. The summed E-state index contributed by atoms with van der Waals surface area (Å²) >= 11 is 0. The Bertz CT molecular complexity index is 400. The summed E-state index contributed by atoms with van der Waals surface area (Å²) in [6.07, 6.45) is 3.78. The fraction of sp³-hybridized carbons (Fsp3) is 0.600. The SMILES string of the molecule is C[C@H](O)c1ccc(OCCCC2CCCO2)c(F)c1. The van der Waals surface area contributed by atoms with Gasteiger partial charge in [-0.15, -0.1) is 0 Å². The van der Waals surface area contributed by atoms with Crippen LogP contribution in [0.5, 0.6) is 5.75 Å². The topological polar surface area (TPSA) is 38.7 Å². The minimum atomic E-state index is -0.664. The van der Waals surface area contributed by atoms with Crippen molar-refractivity contribution in [2.24, 2.45) is 0 Å². The first-order valence-electron chi connectivity index (χ1n) is 6.88. The second-order valence-corrected chi connectivity index (χ2v) is 4.99. The van der Waals surface area contributed by atoms with E-state index >= 15 is 0 Å². The monoisotopic (exact) mass is 268 g/mol. The summed E-state index contributed by atoms with van der Waals surface area (Å²) in [6, 6.07) is 4.58. The van der Waals surface area contributed by atoms with E-state index < -0.39 is 11.9 Å². The fourth-order valence-corrected chi connectivity index (χ4v) is 2.26. The van der Waals surface area contributed by atoms with E-state index in [4.69, 9.17) is 9.47 Å². The second-order valence-electron chi connectivity index (χ2n) is 4.99. The lowest BCUT2D eigenvalue weighted by Gasteiger charge is -2.11. The molecule has 0 bridgehead atoms. The molecule has 1 unspecified atom stereocenters. The van der Waals surface area contributed by atoms with Crippen LogP contribution in [0.1, 0.15) is 44.3 Å². The number of rotatable bonds is 6. The van der Waals surface area contributed by atoms with Gasteiger partial charge in [0, 0.05) is 6.61 Å². The van der Waals surface area contributed by atoms with Gasteiger partial charge in [0.05, 0.1) is 18.8 Å². The highest BCUT2D eigenvalue weighted by molar-refractivity contribution is 5.30. The Morgan fingerprint density at radius 3 is 3.00 bits per heavy atom. The zero-order valence-corrected chi connectivity index (χ0v) is 11.3. The van der Waals surface area contributed by atoms with Gasteiger partial charge in [-0.2, -0.15) is 0 Å². The molecule has 2 atom stereocenters. The number of halogens is 1. The Morgan fingerprint density at radius 2 is 2.37 bits per heavy atom. The predicted octanol–water partition coefficient (Wildman–Crippen LogP) is 3.22. The molecule has 1 N–H and O–H groups in total. The van der Waals surface area contributed by atoms with Crippen LogP contribution in [-0.4, -0.2) is 24.4 Å². The van der Waals surface area contributed by atoms with Gasteiger partial charge in [-0.3, -0.25) is 0 Å². The van der Waals surface area contributed by atoms with Crippen molar-refractivity contribution in [3.8, 4) is 5.75 Å². The van der Waals surface area contributed by atoms with Gasteiger partial charge in [0.2, 0.25) is 0 Å². The standard InChI is InChI=1S/C15H21FO3/c1-11(17)12-6-7-15(14(16)10-12)19-9-3-5-13-4-2-8-18-13/h6-7,10-11,13,17H,2-5,8-9H2,1H3/t11-,13?/m0/s1.